The van der Waals surface area contributed by atoms with Gasteiger partial charge in [-0.1, -0.05) is 53.6 Å². The molecule has 7 rings (SSSR count). The van der Waals surface area contributed by atoms with Crippen molar-refractivity contribution in [2.24, 2.45) is 0 Å². The summed E-state index contributed by atoms with van der Waals surface area (Å²) in [7, 11) is 0. The fourth-order valence-corrected chi connectivity index (χ4v) is 6.24. The molecule has 0 bridgehead atoms. The van der Waals surface area contributed by atoms with Crippen LogP contribution in [0.25, 0.3) is 16.5 Å². The Bertz CT molecular complexity index is 2000. The molecule has 3 aliphatic rings. The van der Waals surface area contributed by atoms with E-state index < -0.39 is 34.9 Å². The van der Waals surface area contributed by atoms with Gasteiger partial charge in [-0.2, -0.15) is 0 Å². The second-order valence-electron chi connectivity index (χ2n) is 9.73. The fraction of sp³-hybridized carbons (Fsp3) is 0.0667. The van der Waals surface area contributed by atoms with Gasteiger partial charge in [-0.15, -0.1) is 0 Å². The molecular formula is C30H15Cl2N3O6. The van der Waals surface area contributed by atoms with Gasteiger partial charge in [-0.05, 0) is 47.9 Å². The number of anilines is 1. The molecule has 0 saturated heterocycles. The summed E-state index contributed by atoms with van der Waals surface area (Å²) in [6.07, 6.45) is 6.87. The Morgan fingerprint density at radius 2 is 1.49 bits per heavy atom. The number of benzene rings is 3. The van der Waals surface area contributed by atoms with Gasteiger partial charge in [0.05, 0.1) is 48.9 Å². The summed E-state index contributed by atoms with van der Waals surface area (Å²) in [6, 6.07) is 10.7. The van der Waals surface area contributed by atoms with Crippen LogP contribution in [0.4, 0.5) is 5.69 Å². The van der Waals surface area contributed by atoms with Gasteiger partial charge >= 0.3 is 0 Å². The fourth-order valence-electron chi connectivity index (χ4n) is 5.52. The number of halogens is 2. The number of nitrogens with zero attached hydrogens (tertiary/aromatic N) is 2. The largest absolute Gasteiger partial charge is 0.508 e. The Morgan fingerprint density at radius 3 is 2.07 bits per heavy atom. The molecule has 1 aliphatic heterocycles. The van der Waals surface area contributed by atoms with Crippen LogP contribution in [0.2, 0.25) is 10.0 Å². The lowest BCUT2D eigenvalue weighted by Gasteiger charge is -2.14. The van der Waals surface area contributed by atoms with Crippen LogP contribution in [0.1, 0.15) is 65.2 Å². The summed E-state index contributed by atoms with van der Waals surface area (Å²) in [5.74, 6) is -5.21. The number of carbonyl (C=O) groups is 4. The average molecular weight is 584 g/mol. The molecule has 0 spiro atoms. The average Bonchev–Trinajstić information content (AvgIpc) is 3.64. The minimum atomic E-state index is -1.60. The highest BCUT2D eigenvalue weighted by Crippen LogP contribution is 2.47. The number of aromatic nitrogens is 2. The van der Waals surface area contributed by atoms with Crippen molar-refractivity contribution in [1.82, 2.24) is 9.97 Å². The van der Waals surface area contributed by atoms with Gasteiger partial charge in [0.25, 0.3) is 17.4 Å². The number of imide groups is 1. The number of allylic oxidation sites excluding steroid dienone is 4. The van der Waals surface area contributed by atoms with Crippen LogP contribution in [0.5, 0.6) is 5.75 Å². The number of amides is 2. The van der Waals surface area contributed by atoms with Gasteiger partial charge in [0.1, 0.15) is 17.5 Å². The van der Waals surface area contributed by atoms with Crippen molar-refractivity contribution in [2.45, 2.75) is 12.3 Å². The minimum absolute atomic E-state index is 0.0555. The number of hydrogen-bond acceptors (Lipinski definition) is 7. The maximum Gasteiger partial charge on any atom is 0.267 e. The van der Waals surface area contributed by atoms with Gasteiger partial charge < -0.3 is 10.1 Å². The molecule has 2 heterocycles. The van der Waals surface area contributed by atoms with Crippen LogP contribution in [0, 0.1) is 0 Å². The van der Waals surface area contributed by atoms with Crippen molar-refractivity contribution >= 4 is 68.7 Å². The molecule has 2 N–H and O–H groups in total. The predicted molar refractivity (Wildman–Crippen MR) is 151 cm³/mol. The Kier molecular flexibility index (Phi) is 5.41. The lowest BCUT2D eigenvalue weighted by Crippen LogP contribution is -2.29. The van der Waals surface area contributed by atoms with Crippen molar-refractivity contribution in [3.63, 3.8) is 0 Å². The molecule has 0 fully saturated rings. The lowest BCUT2D eigenvalue weighted by molar-refractivity contribution is 0.0882. The van der Waals surface area contributed by atoms with E-state index in [1.54, 1.807) is 24.3 Å². The summed E-state index contributed by atoms with van der Waals surface area (Å²) >= 11 is 13.2. The molecule has 200 valence electrons. The first-order chi connectivity index (χ1) is 19.7. The van der Waals surface area contributed by atoms with Crippen molar-refractivity contribution in [3.05, 3.63) is 115 Å². The first kappa shape index (κ1) is 25.1. The van der Waals surface area contributed by atoms with Crippen LogP contribution in [-0.4, -0.2) is 38.5 Å². The van der Waals surface area contributed by atoms with Crippen molar-refractivity contribution in [1.29, 1.82) is 0 Å². The number of phenolic OH excluding ortho intramolecular Hbond substituents is 1. The molecule has 0 unspecified atom stereocenters. The van der Waals surface area contributed by atoms with Gasteiger partial charge in [0, 0.05) is 0 Å². The first-order valence-corrected chi connectivity index (χ1v) is 13.1. The normalized spacial score (nSPS) is 16.2. The van der Waals surface area contributed by atoms with Crippen molar-refractivity contribution in [2.75, 3.05) is 4.90 Å². The lowest BCUT2D eigenvalue weighted by atomic mass is 10.0. The molecule has 0 radical (unpaired) electrons. The second kappa shape index (κ2) is 8.82. The van der Waals surface area contributed by atoms with E-state index in [4.69, 9.17) is 23.2 Å². The molecule has 4 aromatic rings. The van der Waals surface area contributed by atoms with E-state index in [1.807, 2.05) is 18.2 Å². The number of carbonyl (C=O) groups excluding carboxylic acids is 4. The first-order valence-electron chi connectivity index (χ1n) is 12.4. The summed E-state index contributed by atoms with van der Waals surface area (Å²) in [5, 5.41) is 9.01. The number of phenols is 1. The predicted octanol–water partition coefficient (Wildman–Crippen LogP) is 5.24. The molecule has 3 aromatic carbocycles. The van der Waals surface area contributed by atoms with Crippen LogP contribution >= 0.6 is 23.2 Å². The van der Waals surface area contributed by atoms with Gasteiger partial charge in [0.15, 0.2) is 11.6 Å². The Morgan fingerprint density at radius 1 is 0.854 bits per heavy atom. The standard InChI is InChI=1S/C30H15Cl2N3O6/c31-23-18-19(26(38)22(25(18)37)27-33-17-10-9-15(36)11-16(17)28(39)34-27)24(32)21-20(23)29(40)35(30(21)41)14-7-5-13(6-8-14)12-3-1-2-4-12/h1,3-11,22,36H,2H2,(H,33,34,39). The number of Topliss-reactive ketones (excluding diaryl/α,β-unsaturated/α-hetero) is 2. The zero-order valence-corrected chi connectivity index (χ0v) is 22.2. The van der Waals surface area contributed by atoms with Gasteiger partial charge in [-0.3, -0.25) is 24.0 Å². The van der Waals surface area contributed by atoms with Gasteiger partial charge in [0.2, 0.25) is 0 Å². The molecule has 1 aromatic heterocycles. The van der Waals surface area contributed by atoms with Crippen molar-refractivity contribution < 1.29 is 24.3 Å². The van der Waals surface area contributed by atoms with Crippen LogP contribution in [-0.2, 0) is 0 Å². The molecule has 0 saturated carbocycles. The molecular weight excluding hydrogens is 569 g/mol. The monoisotopic (exact) mass is 583 g/mol. The third-order valence-electron chi connectivity index (χ3n) is 7.44. The second-order valence-corrected chi connectivity index (χ2v) is 10.5. The molecule has 41 heavy (non-hydrogen) atoms. The maximum absolute atomic E-state index is 13.6. The van der Waals surface area contributed by atoms with E-state index in [9.17, 15) is 29.1 Å². The van der Waals surface area contributed by atoms with E-state index >= 15 is 0 Å². The SMILES string of the molecule is O=C1c2c(Cl)c3c(c(Cl)c2C(=O)C1c1nc2ccc(O)cc2c(=O)[nH]1)C(=O)N(c1ccc(C2=CCC=C2)cc1)C3=O. The number of rotatable bonds is 3. The zero-order chi connectivity index (χ0) is 28.7. The van der Waals surface area contributed by atoms with Crippen molar-refractivity contribution in [3.8, 4) is 5.75 Å². The minimum Gasteiger partial charge on any atom is -0.508 e. The van der Waals surface area contributed by atoms with E-state index in [2.05, 4.69) is 9.97 Å². The topological polar surface area (TPSA) is 138 Å². The number of H-pyrrole nitrogens is 1. The highest BCUT2D eigenvalue weighted by atomic mass is 35.5. The summed E-state index contributed by atoms with van der Waals surface area (Å²) in [4.78, 5) is 74.5. The molecule has 0 atom stereocenters. The number of nitrogens with one attached hydrogen (secondary N) is 1. The van der Waals surface area contributed by atoms with Crippen LogP contribution < -0.4 is 10.5 Å². The van der Waals surface area contributed by atoms with Crippen LogP contribution in [0.15, 0.2) is 65.5 Å². The number of aromatic hydroxyl groups is 1. The molecule has 11 heteroatoms. The number of fused-ring (bicyclic) bond motifs is 3. The Hall–Kier alpha value is -4.86. The molecule has 2 amide bonds. The van der Waals surface area contributed by atoms with Gasteiger partial charge in [-0.25, -0.2) is 9.88 Å². The Labute approximate surface area is 240 Å². The highest BCUT2D eigenvalue weighted by molar-refractivity contribution is 6.52. The van der Waals surface area contributed by atoms with E-state index in [-0.39, 0.29) is 60.5 Å². The third kappa shape index (κ3) is 3.49. The quantitative estimate of drug-likeness (QED) is 0.248. The molecule has 2 aliphatic carbocycles. The van der Waals surface area contributed by atoms with Crippen LogP contribution in [0.3, 0.4) is 0 Å². The smallest absolute Gasteiger partial charge is 0.267 e. The zero-order valence-electron chi connectivity index (χ0n) is 20.7. The van der Waals surface area contributed by atoms with E-state index in [0.717, 1.165) is 22.5 Å². The number of aromatic amines is 1. The molecule has 9 nitrogen and oxygen atoms in total. The number of hydrogen-bond donors (Lipinski definition) is 2. The Balaban J connectivity index is 1.31. The highest BCUT2D eigenvalue weighted by Gasteiger charge is 2.50. The summed E-state index contributed by atoms with van der Waals surface area (Å²) in [6.45, 7) is 0. The summed E-state index contributed by atoms with van der Waals surface area (Å²) in [5.41, 5.74) is 0.506. The van der Waals surface area contributed by atoms with E-state index in [0.29, 0.717) is 0 Å². The number of ketones is 2. The third-order valence-corrected chi connectivity index (χ3v) is 8.20. The maximum atomic E-state index is 13.6. The van der Waals surface area contributed by atoms with E-state index in [1.165, 1.54) is 18.2 Å². The summed E-state index contributed by atoms with van der Waals surface area (Å²) < 4.78 is 0.